The third-order valence-corrected chi connectivity index (χ3v) is 9.07. The molecule has 0 amide bonds. The van der Waals surface area contributed by atoms with Crippen LogP contribution in [0.15, 0.2) is 78.9 Å². The molecule has 0 radical (unpaired) electrons. The lowest BCUT2D eigenvalue weighted by Crippen LogP contribution is -2.41. The minimum atomic E-state index is -0.360. The predicted molar refractivity (Wildman–Crippen MR) is 152 cm³/mol. The van der Waals surface area contributed by atoms with Crippen LogP contribution in [0.1, 0.15) is 52.7 Å². The van der Waals surface area contributed by atoms with E-state index < -0.39 is 0 Å². The molecule has 0 N–H and O–H groups in total. The molecule has 5 aromatic rings. The molecular formula is C33H31BO2. The normalized spacial score (nSPS) is 19.2. The highest BCUT2D eigenvalue weighted by molar-refractivity contribution is 6.62. The van der Waals surface area contributed by atoms with E-state index in [0.29, 0.717) is 0 Å². The highest BCUT2D eigenvalue weighted by Crippen LogP contribution is 2.53. The summed E-state index contributed by atoms with van der Waals surface area (Å²) in [5.41, 5.74) is 5.63. The van der Waals surface area contributed by atoms with Crippen LogP contribution in [0.25, 0.3) is 43.4 Å². The second kappa shape index (κ2) is 7.00. The molecule has 36 heavy (non-hydrogen) atoms. The first-order valence-electron chi connectivity index (χ1n) is 13.0. The number of rotatable bonds is 1. The van der Waals surface area contributed by atoms with Gasteiger partial charge in [-0.1, -0.05) is 92.7 Å². The summed E-state index contributed by atoms with van der Waals surface area (Å²) in [6, 6.07) is 29.1. The van der Waals surface area contributed by atoms with Crippen LogP contribution in [0.3, 0.4) is 0 Å². The highest BCUT2D eigenvalue weighted by Gasteiger charge is 2.52. The molecule has 0 atom stereocenters. The van der Waals surface area contributed by atoms with Gasteiger partial charge in [-0.25, -0.2) is 0 Å². The molecule has 0 saturated carbocycles. The number of benzene rings is 5. The van der Waals surface area contributed by atoms with Gasteiger partial charge >= 0.3 is 7.12 Å². The summed E-state index contributed by atoms with van der Waals surface area (Å²) in [6.45, 7) is 13.2. The van der Waals surface area contributed by atoms with Crippen LogP contribution in [0.2, 0.25) is 0 Å². The van der Waals surface area contributed by atoms with Crippen molar-refractivity contribution in [1.29, 1.82) is 0 Å². The average Bonchev–Trinajstić information content (AvgIpc) is 3.23. The van der Waals surface area contributed by atoms with Crippen LogP contribution >= 0.6 is 0 Å². The molecular weight excluding hydrogens is 439 g/mol. The van der Waals surface area contributed by atoms with Crippen LogP contribution < -0.4 is 5.46 Å². The summed E-state index contributed by atoms with van der Waals surface area (Å²) in [7, 11) is -0.360. The zero-order valence-corrected chi connectivity index (χ0v) is 21.9. The van der Waals surface area contributed by atoms with Gasteiger partial charge in [0.15, 0.2) is 0 Å². The molecule has 1 aliphatic heterocycles. The fraction of sp³-hybridized carbons (Fsp3) is 0.273. The molecule has 3 heteroatoms. The van der Waals surface area contributed by atoms with Crippen molar-refractivity contribution in [3.63, 3.8) is 0 Å². The van der Waals surface area contributed by atoms with Crippen LogP contribution in [-0.4, -0.2) is 18.3 Å². The van der Waals surface area contributed by atoms with Gasteiger partial charge in [0.25, 0.3) is 0 Å². The Morgan fingerprint density at radius 3 is 1.67 bits per heavy atom. The van der Waals surface area contributed by atoms with E-state index in [0.717, 1.165) is 5.46 Å². The third-order valence-electron chi connectivity index (χ3n) is 9.07. The second-order valence-corrected chi connectivity index (χ2v) is 12.0. The highest BCUT2D eigenvalue weighted by atomic mass is 16.7. The SMILES string of the molecule is CC1(C)c2cc(B3OC(C)(C)C(C)(C)O3)ccc2-c2ccc3c4ccccc4c4ccccc4c3c21. The van der Waals surface area contributed by atoms with E-state index >= 15 is 0 Å². The van der Waals surface area contributed by atoms with Gasteiger partial charge in [-0.15, -0.1) is 0 Å². The Labute approximate surface area is 213 Å². The Morgan fingerprint density at radius 1 is 0.556 bits per heavy atom. The minimum Gasteiger partial charge on any atom is -0.399 e. The van der Waals surface area contributed by atoms with Gasteiger partial charge in [-0.05, 0) is 87.7 Å². The Balaban J connectivity index is 1.49. The number of hydrogen-bond acceptors (Lipinski definition) is 2. The molecule has 1 heterocycles. The van der Waals surface area contributed by atoms with Crippen molar-refractivity contribution in [2.45, 2.75) is 58.2 Å². The summed E-state index contributed by atoms with van der Waals surface area (Å²) >= 11 is 0. The summed E-state index contributed by atoms with van der Waals surface area (Å²) < 4.78 is 12.8. The first kappa shape index (κ1) is 22.1. The van der Waals surface area contributed by atoms with Crippen molar-refractivity contribution in [3.05, 3.63) is 90.0 Å². The zero-order valence-electron chi connectivity index (χ0n) is 21.9. The Bertz CT molecular complexity index is 1680. The van der Waals surface area contributed by atoms with E-state index in [1.54, 1.807) is 0 Å². The summed E-state index contributed by atoms with van der Waals surface area (Å²) in [5.74, 6) is 0. The van der Waals surface area contributed by atoms with Gasteiger partial charge in [0.05, 0.1) is 11.2 Å². The van der Waals surface area contributed by atoms with E-state index in [1.807, 2.05) is 0 Å². The molecule has 0 bridgehead atoms. The maximum atomic E-state index is 6.41. The molecule has 5 aromatic carbocycles. The minimum absolute atomic E-state index is 0.158. The lowest BCUT2D eigenvalue weighted by molar-refractivity contribution is 0.00578. The Kier molecular flexibility index (Phi) is 4.29. The van der Waals surface area contributed by atoms with E-state index in [1.165, 1.54) is 54.6 Å². The fourth-order valence-corrected chi connectivity index (χ4v) is 6.44. The molecule has 1 aliphatic carbocycles. The smallest absolute Gasteiger partial charge is 0.399 e. The molecule has 2 nitrogen and oxygen atoms in total. The maximum Gasteiger partial charge on any atom is 0.494 e. The fourth-order valence-electron chi connectivity index (χ4n) is 6.44. The van der Waals surface area contributed by atoms with Gasteiger partial charge in [-0.2, -0.15) is 0 Å². The monoisotopic (exact) mass is 470 g/mol. The first-order valence-corrected chi connectivity index (χ1v) is 13.0. The van der Waals surface area contributed by atoms with Gasteiger partial charge in [0, 0.05) is 5.41 Å². The van der Waals surface area contributed by atoms with Gasteiger partial charge in [0.1, 0.15) is 0 Å². The molecule has 2 aliphatic rings. The predicted octanol–water partition coefficient (Wildman–Crippen LogP) is 7.75. The van der Waals surface area contributed by atoms with Crippen molar-refractivity contribution in [1.82, 2.24) is 0 Å². The van der Waals surface area contributed by atoms with Crippen LogP contribution in [0, 0.1) is 0 Å². The Hall–Kier alpha value is -3.14. The second-order valence-electron chi connectivity index (χ2n) is 12.0. The van der Waals surface area contributed by atoms with E-state index in [9.17, 15) is 0 Å². The molecule has 7 rings (SSSR count). The van der Waals surface area contributed by atoms with E-state index in [4.69, 9.17) is 9.31 Å². The third kappa shape index (κ3) is 2.76. The van der Waals surface area contributed by atoms with Crippen molar-refractivity contribution < 1.29 is 9.31 Å². The summed E-state index contributed by atoms with van der Waals surface area (Å²) in [6.07, 6.45) is 0. The largest absolute Gasteiger partial charge is 0.494 e. The quantitative estimate of drug-likeness (QED) is 0.184. The summed E-state index contributed by atoms with van der Waals surface area (Å²) in [4.78, 5) is 0. The lowest BCUT2D eigenvalue weighted by Gasteiger charge is -2.32. The lowest BCUT2D eigenvalue weighted by atomic mass is 9.74. The first-order chi connectivity index (χ1) is 17.1. The Morgan fingerprint density at radius 2 is 1.06 bits per heavy atom. The standard InChI is InChI=1S/C33H31BO2/c1-31(2)28-19-20(34-35-32(3,4)33(5,6)36-34)15-16-24(28)27-18-17-26-23-13-8-7-11-21(23)22-12-9-10-14-25(22)29(26)30(27)31/h7-19H,1-6H3. The van der Waals surface area contributed by atoms with E-state index in [2.05, 4.69) is 120 Å². The van der Waals surface area contributed by atoms with Crippen LogP contribution in [0.5, 0.6) is 0 Å². The zero-order chi connectivity index (χ0) is 25.0. The van der Waals surface area contributed by atoms with E-state index in [-0.39, 0.29) is 23.7 Å². The molecule has 178 valence electrons. The van der Waals surface area contributed by atoms with Crippen molar-refractivity contribution >= 4 is 44.9 Å². The molecule has 0 unspecified atom stereocenters. The van der Waals surface area contributed by atoms with Gasteiger partial charge in [0.2, 0.25) is 0 Å². The topological polar surface area (TPSA) is 18.5 Å². The molecule has 1 saturated heterocycles. The molecule has 0 aromatic heterocycles. The van der Waals surface area contributed by atoms with Gasteiger partial charge in [-0.3, -0.25) is 0 Å². The number of fused-ring (bicyclic) bond motifs is 10. The van der Waals surface area contributed by atoms with Crippen LogP contribution in [-0.2, 0) is 14.7 Å². The van der Waals surface area contributed by atoms with Crippen molar-refractivity contribution in [2.24, 2.45) is 0 Å². The van der Waals surface area contributed by atoms with Gasteiger partial charge < -0.3 is 9.31 Å². The summed E-state index contributed by atoms with van der Waals surface area (Å²) in [5, 5.41) is 7.99. The van der Waals surface area contributed by atoms with Crippen LogP contribution in [0.4, 0.5) is 0 Å². The maximum absolute atomic E-state index is 6.41. The van der Waals surface area contributed by atoms with Crippen molar-refractivity contribution in [2.75, 3.05) is 0 Å². The van der Waals surface area contributed by atoms with Crippen molar-refractivity contribution in [3.8, 4) is 11.1 Å². The number of hydrogen-bond donors (Lipinski definition) is 0. The molecule has 0 spiro atoms. The average molecular weight is 470 g/mol. The molecule has 1 fully saturated rings.